The van der Waals surface area contributed by atoms with Gasteiger partial charge in [-0.1, -0.05) is 13.8 Å². The van der Waals surface area contributed by atoms with Crippen LogP contribution in [-0.4, -0.2) is 61.6 Å². The third kappa shape index (κ3) is 10.3. The summed E-state index contributed by atoms with van der Waals surface area (Å²) in [4.78, 5) is 18.8. The van der Waals surface area contributed by atoms with Crippen molar-refractivity contribution >= 4 is 11.9 Å². The van der Waals surface area contributed by atoms with Crippen molar-refractivity contribution in [1.82, 2.24) is 20.9 Å². The first-order valence-corrected chi connectivity index (χ1v) is 9.75. The number of hydrogen-bond acceptors (Lipinski definition) is 3. The van der Waals surface area contributed by atoms with E-state index in [0.717, 1.165) is 37.9 Å². The van der Waals surface area contributed by atoms with E-state index in [4.69, 9.17) is 0 Å². The molecule has 0 saturated carbocycles. The molecule has 6 nitrogen and oxygen atoms in total. The van der Waals surface area contributed by atoms with Crippen LogP contribution in [0.3, 0.4) is 0 Å². The van der Waals surface area contributed by atoms with E-state index in [9.17, 15) is 4.79 Å². The van der Waals surface area contributed by atoms with E-state index in [1.165, 1.54) is 19.5 Å². The Labute approximate surface area is 154 Å². The van der Waals surface area contributed by atoms with Crippen molar-refractivity contribution in [3.05, 3.63) is 0 Å². The molecule has 0 aromatic rings. The molecule has 2 atom stereocenters. The van der Waals surface area contributed by atoms with Crippen LogP contribution in [0.4, 0.5) is 0 Å². The lowest BCUT2D eigenvalue weighted by Gasteiger charge is -2.35. The van der Waals surface area contributed by atoms with Crippen molar-refractivity contribution in [2.45, 2.75) is 59.9 Å². The second-order valence-corrected chi connectivity index (χ2v) is 8.48. The lowest BCUT2D eigenvalue weighted by atomic mass is 9.92. The van der Waals surface area contributed by atoms with Crippen molar-refractivity contribution in [2.24, 2.45) is 16.8 Å². The Morgan fingerprint density at radius 3 is 2.36 bits per heavy atom. The van der Waals surface area contributed by atoms with Crippen LogP contribution in [0.15, 0.2) is 4.99 Å². The van der Waals surface area contributed by atoms with Crippen molar-refractivity contribution in [1.29, 1.82) is 0 Å². The Kier molecular flexibility index (Phi) is 9.25. The molecule has 1 fully saturated rings. The zero-order chi connectivity index (χ0) is 18.9. The SMILES string of the molecule is CCNC(=NCC(=O)NC(C)(C)C)NCCCN1CC(C)CC(C)C1. The number of amides is 1. The number of piperidine rings is 1. The maximum atomic E-state index is 11.9. The Morgan fingerprint density at radius 1 is 1.16 bits per heavy atom. The molecule has 0 aromatic heterocycles. The molecule has 2 unspecified atom stereocenters. The summed E-state index contributed by atoms with van der Waals surface area (Å²) in [6, 6.07) is 0. The summed E-state index contributed by atoms with van der Waals surface area (Å²) in [5.41, 5.74) is -0.221. The molecule has 0 radical (unpaired) electrons. The van der Waals surface area contributed by atoms with Gasteiger partial charge in [0.25, 0.3) is 0 Å². The summed E-state index contributed by atoms with van der Waals surface area (Å²) in [5.74, 6) is 2.27. The summed E-state index contributed by atoms with van der Waals surface area (Å²) in [7, 11) is 0. The van der Waals surface area contributed by atoms with Crippen LogP contribution in [-0.2, 0) is 4.79 Å². The van der Waals surface area contributed by atoms with Gasteiger partial charge in [0.1, 0.15) is 6.54 Å². The first-order chi connectivity index (χ1) is 11.7. The normalized spacial score (nSPS) is 22.6. The fourth-order valence-corrected chi connectivity index (χ4v) is 3.43. The summed E-state index contributed by atoms with van der Waals surface area (Å²) >= 11 is 0. The minimum atomic E-state index is -0.221. The van der Waals surface area contributed by atoms with Gasteiger partial charge in [0.05, 0.1) is 0 Å². The predicted octanol–water partition coefficient (Wildman–Crippen LogP) is 1.82. The zero-order valence-corrected chi connectivity index (χ0v) is 17.1. The third-order valence-electron chi connectivity index (χ3n) is 4.13. The second-order valence-electron chi connectivity index (χ2n) is 8.48. The van der Waals surface area contributed by atoms with Gasteiger partial charge in [0.15, 0.2) is 5.96 Å². The van der Waals surface area contributed by atoms with E-state index in [-0.39, 0.29) is 18.0 Å². The Hall–Kier alpha value is -1.30. The van der Waals surface area contributed by atoms with Crippen LogP contribution in [0.1, 0.15) is 54.4 Å². The lowest BCUT2D eigenvalue weighted by Crippen LogP contribution is -2.44. The molecular weight excluding hydrogens is 314 g/mol. The van der Waals surface area contributed by atoms with E-state index in [1.807, 2.05) is 27.7 Å². The van der Waals surface area contributed by atoms with Crippen LogP contribution < -0.4 is 16.0 Å². The predicted molar refractivity (Wildman–Crippen MR) is 106 cm³/mol. The molecular formula is C19H39N5O. The molecule has 6 heteroatoms. The number of hydrogen-bond donors (Lipinski definition) is 3. The van der Waals surface area contributed by atoms with Gasteiger partial charge in [0, 0.05) is 31.7 Å². The molecule has 0 aromatic carbocycles. The molecule has 1 saturated heterocycles. The smallest absolute Gasteiger partial charge is 0.242 e. The molecule has 1 rings (SSSR count). The van der Waals surface area contributed by atoms with E-state index in [1.54, 1.807) is 0 Å². The van der Waals surface area contributed by atoms with Crippen LogP contribution in [0, 0.1) is 11.8 Å². The summed E-state index contributed by atoms with van der Waals surface area (Å²) < 4.78 is 0. The zero-order valence-electron chi connectivity index (χ0n) is 17.1. The molecule has 1 aliphatic heterocycles. The third-order valence-corrected chi connectivity index (χ3v) is 4.13. The van der Waals surface area contributed by atoms with Crippen LogP contribution in [0.2, 0.25) is 0 Å². The maximum absolute atomic E-state index is 11.9. The highest BCUT2D eigenvalue weighted by atomic mass is 16.2. The van der Waals surface area contributed by atoms with E-state index in [2.05, 4.69) is 39.7 Å². The van der Waals surface area contributed by atoms with Gasteiger partial charge in [-0.2, -0.15) is 0 Å². The van der Waals surface area contributed by atoms with Gasteiger partial charge in [0.2, 0.25) is 5.91 Å². The maximum Gasteiger partial charge on any atom is 0.242 e. The summed E-state index contributed by atoms with van der Waals surface area (Å²) in [5, 5.41) is 9.46. The van der Waals surface area contributed by atoms with Gasteiger partial charge in [-0.05, 0) is 58.9 Å². The molecule has 3 N–H and O–H groups in total. The van der Waals surface area contributed by atoms with Crippen LogP contribution in [0.5, 0.6) is 0 Å². The number of nitrogens with zero attached hydrogens (tertiary/aromatic N) is 2. The number of carbonyl (C=O) groups excluding carboxylic acids is 1. The largest absolute Gasteiger partial charge is 0.357 e. The summed E-state index contributed by atoms with van der Waals surface area (Å²) in [6.45, 7) is 18.0. The lowest BCUT2D eigenvalue weighted by molar-refractivity contribution is -0.121. The Balaban J connectivity index is 2.32. The number of carbonyl (C=O) groups is 1. The highest BCUT2D eigenvalue weighted by Crippen LogP contribution is 2.20. The molecule has 1 heterocycles. The number of rotatable bonds is 7. The number of aliphatic imine (C=N–C) groups is 1. The molecule has 0 spiro atoms. The highest BCUT2D eigenvalue weighted by Gasteiger charge is 2.21. The molecule has 25 heavy (non-hydrogen) atoms. The Bertz CT molecular complexity index is 420. The van der Waals surface area contributed by atoms with Crippen molar-refractivity contribution in [3.63, 3.8) is 0 Å². The fourth-order valence-electron chi connectivity index (χ4n) is 3.43. The number of nitrogens with one attached hydrogen (secondary N) is 3. The number of likely N-dealkylation sites (tertiary alicyclic amines) is 1. The van der Waals surface area contributed by atoms with Crippen LogP contribution >= 0.6 is 0 Å². The van der Waals surface area contributed by atoms with Gasteiger partial charge < -0.3 is 20.9 Å². The van der Waals surface area contributed by atoms with Crippen molar-refractivity contribution in [2.75, 3.05) is 39.3 Å². The van der Waals surface area contributed by atoms with Gasteiger partial charge in [-0.15, -0.1) is 0 Å². The summed E-state index contributed by atoms with van der Waals surface area (Å²) in [6.07, 6.45) is 2.43. The molecule has 0 bridgehead atoms. The molecule has 146 valence electrons. The minimum absolute atomic E-state index is 0.0546. The second kappa shape index (κ2) is 10.6. The monoisotopic (exact) mass is 353 g/mol. The quantitative estimate of drug-likeness (QED) is 0.371. The fraction of sp³-hybridized carbons (Fsp3) is 0.895. The average molecular weight is 354 g/mol. The molecule has 1 amide bonds. The first-order valence-electron chi connectivity index (χ1n) is 9.75. The first kappa shape index (κ1) is 21.7. The van der Waals surface area contributed by atoms with E-state index in [0.29, 0.717) is 5.96 Å². The standard InChI is InChI=1S/C19H39N5O/c1-7-20-18(22-12-17(25)23-19(4,5)6)21-9-8-10-24-13-15(2)11-16(3)14-24/h15-16H,7-14H2,1-6H3,(H,23,25)(H2,20,21,22). The van der Waals surface area contributed by atoms with Crippen molar-refractivity contribution in [3.8, 4) is 0 Å². The van der Waals surface area contributed by atoms with Gasteiger partial charge >= 0.3 is 0 Å². The molecule has 1 aliphatic rings. The Morgan fingerprint density at radius 2 is 1.80 bits per heavy atom. The topological polar surface area (TPSA) is 68.8 Å². The average Bonchev–Trinajstić information content (AvgIpc) is 2.46. The van der Waals surface area contributed by atoms with Gasteiger partial charge in [-0.3, -0.25) is 4.79 Å². The van der Waals surface area contributed by atoms with Gasteiger partial charge in [-0.25, -0.2) is 4.99 Å². The molecule has 0 aliphatic carbocycles. The van der Waals surface area contributed by atoms with E-state index < -0.39 is 0 Å². The van der Waals surface area contributed by atoms with Crippen molar-refractivity contribution < 1.29 is 4.79 Å². The highest BCUT2D eigenvalue weighted by molar-refractivity contribution is 5.85. The van der Waals surface area contributed by atoms with Crippen LogP contribution in [0.25, 0.3) is 0 Å². The van der Waals surface area contributed by atoms with E-state index >= 15 is 0 Å². The minimum Gasteiger partial charge on any atom is -0.357 e. The number of guanidine groups is 1.